The third-order valence-corrected chi connectivity index (χ3v) is 3.65. The number of rotatable bonds is 8. The van der Waals surface area contributed by atoms with E-state index in [1.54, 1.807) is 12.1 Å². The lowest BCUT2D eigenvalue weighted by Gasteiger charge is -2.21. The minimum absolute atomic E-state index is 0.113. The Hall–Kier alpha value is -1.22. The van der Waals surface area contributed by atoms with Gasteiger partial charge in [-0.2, -0.15) is 0 Å². The lowest BCUT2D eigenvalue weighted by atomic mass is 10.1. The Balaban J connectivity index is 1.82. The molecule has 1 aromatic rings. The zero-order chi connectivity index (χ0) is 13.7. The average Bonchev–Trinajstić information content (AvgIpc) is 3.24. The number of unbranched alkanes of at least 4 members (excludes halogenated alkanes) is 1. The summed E-state index contributed by atoms with van der Waals surface area (Å²) in [6.07, 6.45) is 5.46. The van der Waals surface area contributed by atoms with Crippen LogP contribution in [0.4, 0.5) is 4.39 Å². The average molecular weight is 263 g/mol. The molecule has 2 nitrogen and oxygen atoms in total. The van der Waals surface area contributed by atoms with Gasteiger partial charge in [0.2, 0.25) is 0 Å². The second-order valence-corrected chi connectivity index (χ2v) is 5.30. The van der Waals surface area contributed by atoms with Crippen LogP contribution in [0.15, 0.2) is 24.3 Å². The van der Waals surface area contributed by atoms with Gasteiger partial charge in [-0.25, -0.2) is 4.39 Å². The van der Waals surface area contributed by atoms with Crippen LogP contribution in [-0.2, 0) is 0 Å². The third kappa shape index (κ3) is 4.43. The highest BCUT2D eigenvalue weighted by Crippen LogP contribution is 2.27. The van der Waals surface area contributed by atoms with Crippen LogP contribution in [0.1, 0.15) is 49.4 Å². The van der Waals surface area contributed by atoms with E-state index in [9.17, 15) is 9.18 Å². The maximum absolute atomic E-state index is 12.8. The molecule has 0 amide bonds. The largest absolute Gasteiger partial charge is 0.300 e. The van der Waals surface area contributed by atoms with Gasteiger partial charge in [0.25, 0.3) is 0 Å². The Morgan fingerprint density at radius 1 is 1.26 bits per heavy atom. The molecular formula is C16H22FNO. The van der Waals surface area contributed by atoms with Crippen LogP contribution in [0, 0.1) is 5.82 Å². The van der Waals surface area contributed by atoms with Crippen LogP contribution >= 0.6 is 0 Å². The van der Waals surface area contributed by atoms with E-state index >= 15 is 0 Å². The molecule has 0 aromatic heterocycles. The fraction of sp³-hybridized carbons (Fsp3) is 0.562. The highest BCUT2D eigenvalue weighted by molar-refractivity contribution is 5.96. The molecule has 0 aliphatic heterocycles. The quantitative estimate of drug-likeness (QED) is 0.667. The number of carbonyl (C=O) groups is 1. The van der Waals surface area contributed by atoms with Gasteiger partial charge in [-0.3, -0.25) is 9.69 Å². The second kappa shape index (κ2) is 6.80. The molecule has 104 valence electrons. The number of nitrogens with zero attached hydrogens (tertiary/aromatic N) is 1. The minimum atomic E-state index is -0.292. The van der Waals surface area contributed by atoms with Crippen LogP contribution in [0.2, 0.25) is 0 Å². The van der Waals surface area contributed by atoms with E-state index in [0.717, 1.165) is 13.1 Å². The smallest absolute Gasteiger partial charge is 0.164 e. The molecule has 0 unspecified atom stereocenters. The van der Waals surface area contributed by atoms with Gasteiger partial charge < -0.3 is 0 Å². The molecule has 0 heterocycles. The number of Topliss-reactive ketones (excluding diaryl/α,β-unsaturated/α-hetero) is 1. The first-order valence-corrected chi connectivity index (χ1v) is 7.23. The summed E-state index contributed by atoms with van der Waals surface area (Å²) in [6, 6.07) is 6.55. The molecular weight excluding hydrogens is 241 g/mol. The predicted octanol–water partition coefficient (Wildman–Crippen LogP) is 3.66. The maximum atomic E-state index is 12.8. The van der Waals surface area contributed by atoms with Crippen molar-refractivity contribution in [3.05, 3.63) is 35.6 Å². The SMILES string of the molecule is CCCCN(CCC(=O)c1ccc(F)cc1)C1CC1. The van der Waals surface area contributed by atoms with E-state index in [1.165, 1.54) is 37.8 Å². The van der Waals surface area contributed by atoms with E-state index in [2.05, 4.69) is 11.8 Å². The van der Waals surface area contributed by atoms with Crippen molar-refractivity contribution in [1.82, 2.24) is 4.90 Å². The van der Waals surface area contributed by atoms with E-state index in [1.807, 2.05) is 0 Å². The van der Waals surface area contributed by atoms with E-state index in [-0.39, 0.29) is 11.6 Å². The first kappa shape index (κ1) is 14.2. The summed E-state index contributed by atoms with van der Waals surface area (Å²) in [5.74, 6) is -0.179. The van der Waals surface area contributed by atoms with Crippen molar-refractivity contribution in [2.24, 2.45) is 0 Å². The van der Waals surface area contributed by atoms with Gasteiger partial charge >= 0.3 is 0 Å². The highest BCUT2D eigenvalue weighted by Gasteiger charge is 2.28. The summed E-state index contributed by atoms with van der Waals surface area (Å²) in [7, 11) is 0. The standard InChI is InChI=1S/C16H22FNO/c1-2-3-11-18(15-8-9-15)12-10-16(19)13-4-6-14(17)7-5-13/h4-7,15H,2-3,8-12H2,1H3. The molecule has 1 aliphatic rings. The van der Waals surface area contributed by atoms with Crippen molar-refractivity contribution in [2.75, 3.05) is 13.1 Å². The number of carbonyl (C=O) groups excluding carboxylic acids is 1. The van der Waals surface area contributed by atoms with Crippen molar-refractivity contribution in [2.45, 2.75) is 45.1 Å². The fourth-order valence-corrected chi connectivity index (χ4v) is 2.30. The highest BCUT2D eigenvalue weighted by atomic mass is 19.1. The molecule has 0 N–H and O–H groups in total. The Morgan fingerprint density at radius 3 is 2.53 bits per heavy atom. The lowest BCUT2D eigenvalue weighted by molar-refractivity contribution is 0.0962. The van der Waals surface area contributed by atoms with E-state index in [4.69, 9.17) is 0 Å². The van der Waals surface area contributed by atoms with Crippen molar-refractivity contribution >= 4 is 5.78 Å². The van der Waals surface area contributed by atoms with Crippen LogP contribution in [0.3, 0.4) is 0 Å². The number of ketones is 1. The van der Waals surface area contributed by atoms with Crippen molar-refractivity contribution in [3.8, 4) is 0 Å². The van der Waals surface area contributed by atoms with Crippen LogP contribution in [-0.4, -0.2) is 29.8 Å². The molecule has 1 aromatic carbocycles. The van der Waals surface area contributed by atoms with Crippen molar-refractivity contribution < 1.29 is 9.18 Å². The molecule has 0 bridgehead atoms. The van der Waals surface area contributed by atoms with Gasteiger partial charge in [-0.05, 0) is 50.1 Å². The molecule has 3 heteroatoms. The van der Waals surface area contributed by atoms with E-state index < -0.39 is 0 Å². The summed E-state index contributed by atoms with van der Waals surface area (Å²) < 4.78 is 12.8. The number of halogens is 1. The molecule has 0 spiro atoms. The Morgan fingerprint density at radius 2 is 1.95 bits per heavy atom. The normalized spacial score (nSPS) is 14.9. The number of benzene rings is 1. The first-order valence-electron chi connectivity index (χ1n) is 7.23. The molecule has 0 radical (unpaired) electrons. The van der Waals surface area contributed by atoms with Crippen molar-refractivity contribution in [1.29, 1.82) is 0 Å². The van der Waals surface area contributed by atoms with Crippen LogP contribution in [0.25, 0.3) is 0 Å². The summed E-state index contributed by atoms with van der Waals surface area (Å²) in [4.78, 5) is 14.5. The third-order valence-electron chi connectivity index (χ3n) is 3.65. The van der Waals surface area contributed by atoms with Gasteiger partial charge in [0, 0.05) is 24.6 Å². The molecule has 1 saturated carbocycles. The zero-order valence-corrected chi connectivity index (χ0v) is 11.6. The van der Waals surface area contributed by atoms with Gasteiger partial charge in [-0.15, -0.1) is 0 Å². The zero-order valence-electron chi connectivity index (χ0n) is 11.6. The lowest BCUT2D eigenvalue weighted by Crippen LogP contribution is -2.29. The van der Waals surface area contributed by atoms with Gasteiger partial charge in [0.05, 0.1) is 0 Å². The minimum Gasteiger partial charge on any atom is -0.300 e. The molecule has 2 rings (SSSR count). The van der Waals surface area contributed by atoms with Crippen molar-refractivity contribution in [3.63, 3.8) is 0 Å². The maximum Gasteiger partial charge on any atom is 0.164 e. The number of hydrogen-bond acceptors (Lipinski definition) is 2. The number of hydrogen-bond donors (Lipinski definition) is 0. The van der Waals surface area contributed by atoms with Gasteiger partial charge in [0.1, 0.15) is 5.82 Å². The fourth-order valence-electron chi connectivity index (χ4n) is 2.30. The van der Waals surface area contributed by atoms with Gasteiger partial charge in [-0.1, -0.05) is 13.3 Å². The van der Waals surface area contributed by atoms with Crippen LogP contribution < -0.4 is 0 Å². The molecule has 19 heavy (non-hydrogen) atoms. The predicted molar refractivity (Wildman–Crippen MR) is 74.9 cm³/mol. The molecule has 1 fully saturated rings. The summed E-state index contributed by atoms with van der Waals surface area (Å²) in [5, 5.41) is 0. The van der Waals surface area contributed by atoms with Crippen LogP contribution in [0.5, 0.6) is 0 Å². The Bertz CT molecular complexity index is 411. The monoisotopic (exact) mass is 263 g/mol. The molecule has 1 aliphatic carbocycles. The van der Waals surface area contributed by atoms with Gasteiger partial charge in [0.15, 0.2) is 5.78 Å². The topological polar surface area (TPSA) is 20.3 Å². The summed E-state index contributed by atoms with van der Waals surface area (Å²) in [5.41, 5.74) is 0.618. The van der Waals surface area contributed by atoms with E-state index in [0.29, 0.717) is 18.0 Å². The summed E-state index contributed by atoms with van der Waals surface area (Å²) in [6.45, 7) is 4.12. The molecule has 0 saturated heterocycles. The Labute approximate surface area is 114 Å². The molecule has 0 atom stereocenters. The second-order valence-electron chi connectivity index (χ2n) is 5.30. The first-order chi connectivity index (χ1) is 9.20. The Kier molecular flexibility index (Phi) is 5.08. The summed E-state index contributed by atoms with van der Waals surface area (Å²) >= 11 is 0.